The van der Waals surface area contributed by atoms with Crippen molar-refractivity contribution in [2.24, 2.45) is 5.73 Å². The van der Waals surface area contributed by atoms with Crippen molar-refractivity contribution in [3.63, 3.8) is 0 Å². The number of ether oxygens (including phenoxy) is 2. The van der Waals surface area contributed by atoms with E-state index in [2.05, 4.69) is 0 Å². The Morgan fingerprint density at radius 2 is 1.95 bits per heavy atom. The van der Waals surface area contributed by atoms with E-state index in [0.29, 0.717) is 0 Å². The van der Waals surface area contributed by atoms with Crippen molar-refractivity contribution in [2.75, 3.05) is 7.11 Å². The van der Waals surface area contributed by atoms with Gasteiger partial charge in [-0.1, -0.05) is 0 Å². The second-order valence-corrected chi connectivity index (χ2v) is 3.78. The number of urea groups is 1. The van der Waals surface area contributed by atoms with Crippen LogP contribution in [0.1, 0.15) is 17.3 Å². The summed E-state index contributed by atoms with van der Waals surface area (Å²) in [4.78, 5) is 32.8. The fourth-order valence-corrected chi connectivity index (χ4v) is 1.37. The van der Waals surface area contributed by atoms with E-state index >= 15 is 0 Å². The van der Waals surface area contributed by atoms with Crippen molar-refractivity contribution in [2.45, 2.75) is 13.0 Å². The molecule has 4 N–H and O–H groups in total. The van der Waals surface area contributed by atoms with Gasteiger partial charge in [0, 0.05) is 0 Å². The molecule has 8 heteroatoms. The van der Waals surface area contributed by atoms with Crippen LogP contribution in [0.2, 0.25) is 0 Å². The largest absolute Gasteiger partial charge is 0.493 e. The molecule has 108 valence electrons. The number of nitrogens with two attached hydrogens (primary N) is 1. The van der Waals surface area contributed by atoms with Crippen LogP contribution in [0, 0.1) is 0 Å². The molecular formula is C12H14N2O6. The predicted molar refractivity (Wildman–Crippen MR) is 67.8 cm³/mol. The summed E-state index contributed by atoms with van der Waals surface area (Å²) in [5, 5.41) is 10.7. The fraction of sp³-hybridized carbons (Fsp3) is 0.250. The second-order valence-electron chi connectivity index (χ2n) is 3.78. The summed E-state index contributed by atoms with van der Waals surface area (Å²) in [6.07, 6.45) is -1.01. The highest BCUT2D eigenvalue weighted by Crippen LogP contribution is 2.29. The molecule has 0 saturated heterocycles. The van der Waals surface area contributed by atoms with Crippen molar-refractivity contribution in [1.29, 1.82) is 0 Å². The number of carboxylic acids is 1. The lowest BCUT2D eigenvalue weighted by Crippen LogP contribution is -2.42. The monoisotopic (exact) mass is 282 g/mol. The number of primary amides is 1. The van der Waals surface area contributed by atoms with Gasteiger partial charge in [-0.2, -0.15) is 0 Å². The summed E-state index contributed by atoms with van der Waals surface area (Å²) in [6, 6.07) is 2.93. The van der Waals surface area contributed by atoms with Crippen molar-refractivity contribution in [1.82, 2.24) is 5.32 Å². The van der Waals surface area contributed by atoms with Crippen molar-refractivity contribution < 1.29 is 29.0 Å². The van der Waals surface area contributed by atoms with E-state index in [0.717, 1.165) is 0 Å². The number of hydrogen-bond acceptors (Lipinski definition) is 5. The van der Waals surface area contributed by atoms with E-state index in [1.807, 2.05) is 5.32 Å². The maximum atomic E-state index is 11.5. The molecule has 1 unspecified atom stereocenters. The van der Waals surface area contributed by atoms with Gasteiger partial charge in [0.15, 0.2) is 17.6 Å². The standard InChI is InChI=1S/C12H14N2O6/c1-6(10(15)14-12(13)18)20-8-4-3-7(11(16)17)5-9(8)19-2/h3-6H,1-2H3,(H,16,17)(H3,13,14,15,18). The van der Waals surface area contributed by atoms with Gasteiger partial charge in [0.05, 0.1) is 12.7 Å². The maximum absolute atomic E-state index is 11.5. The molecule has 0 aliphatic heterocycles. The lowest BCUT2D eigenvalue weighted by Gasteiger charge is -2.16. The number of aromatic carboxylic acids is 1. The molecule has 1 rings (SSSR count). The zero-order valence-corrected chi connectivity index (χ0v) is 10.9. The Labute approximate surface area is 114 Å². The Hall–Kier alpha value is -2.77. The average Bonchev–Trinajstić information content (AvgIpc) is 2.37. The molecule has 20 heavy (non-hydrogen) atoms. The minimum Gasteiger partial charge on any atom is -0.493 e. The fourth-order valence-electron chi connectivity index (χ4n) is 1.37. The van der Waals surface area contributed by atoms with Gasteiger partial charge in [-0.3, -0.25) is 10.1 Å². The van der Waals surface area contributed by atoms with Gasteiger partial charge in [-0.25, -0.2) is 9.59 Å². The van der Waals surface area contributed by atoms with E-state index in [1.54, 1.807) is 0 Å². The molecule has 0 fully saturated rings. The zero-order valence-electron chi connectivity index (χ0n) is 10.9. The van der Waals surface area contributed by atoms with E-state index in [4.69, 9.17) is 20.3 Å². The number of carbonyl (C=O) groups is 3. The van der Waals surface area contributed by atoms with Crippen LogP contribution in [-0.4, -0.2) is 36.2 Å². The topological polar surface area (TPSA) is 128 Å². The van der Waals surface area contributed by atoms with Gasteiger partial charge < -0.3 is 20.3 Å². The van der Waals surface area contributed by atoms with Gasteiger partial charge in [0.1, 0.15) is 0 Å². The minimum atomic E-state index is -1.12. The Bertz CT molecular complexity index is 543. The number of carboxylic acid groups (broad SMARTS) is 1. The number of hydrogen-bond donors (Lipinski definition) is 3. The number of imide groups is 1. The molecule has 0 aromatic heterocycles. The lowest BCUT2D eigenvalue weighted by molar-refractivity contribution is -0.126. The Morgan fingerprint density at radius 1 is 1.30 bits per heavy atom. The first-order chi connectivity index (χ1) is 9.35. The van der Waals surface area contributed by atoms with Gasteiger partial charge in [0.25, 0.3) is 5.91 Å². The minimum absolute atomic E-state index is 0.0171. The lowest BCUT2D eigenvalue weighted by atomic mass is 10.2. The molecule has 0 spiro atoms. The quantitative estimate of drug-likeness (QED) is 0.715. The van der Waals surface area contributed by atoms with Crippen LogP contribution in [0.5, 0.6) is 11.5 Å². The van der Waals surface area contributed by atoms with Crippen LogP contribution in [0.4, 0.5) is 4.79 Å². The number of carbonyl (C=O) groups excluding carboxylic acids is 2. The summed E-state index contributed by atoms with van der Waals surface area (Å²) in [6.45, 7) is 1.41. The molecule has 1 aromatic carbocycles. The number of benzene rings is 1. The third-order valence-electron chi connectivity index (χ3n) is 2.33. The highest BCUT2D eigenvalue weighted by atomic mass is 16.5. The van der Waals surface area contributed by atoms with Crippen molar-refractivity contribution >= 4 is 17.9 Å². The highest BCUT2D eigenvalue weighted by molar-refractivity contribution is 5.95. The maximum Gasteiger partial charge on any atom is 0.335 e. The summed E-state index contributed by atoms with van der Waals surface area (Å²) in [7, 11) is 1.34. The molecule has 0 saturated carbocycles. The summed E-state index contributed by atoms with van der Waals surface area (Å²) in [5.74, 6) is -1.51. The molecule has 0 bridgehead atoms. The number of rotatable bonds is 5. The second kappa shape index (κ2) is 6.41. The van der Waals surface area contributed by atoms with E-state index < -0.39 is 24.0 Å². The smallest absolute Gasteiger partial charge is 0.335 e. The third kappa shape index (κ3) is 3.87. The van der Waals surface area contributed by atoms with E-state index in [9.17, 15) is 14.4 Å². The van der Waals surface area contributed by atoms with Crippen LogP contribution >= 0.6 is 0 Å². The van der Waals surface area contributed by atoms with Gasteiger partial charge in [-0.15, -0.1) is 0 Å². The SMILES string of the molecule is COc1cc(C(=O)O)ccc1OC(C)C(=O)NC(N)=O. The van der Waals surface area contributed by atoms with E-state index in [1.165, 1.54) is 32.2 Å². The van der Waals surface area contributed by atoms with Gasteiger partial charge in [-0.05, 0) is 25.1 Å². The van der Waals surface area contributed by atoms with Crippen molar-refractivity contribution in [3.8, 4) is 11.5 Å². The molecule has 1 aromatic rings. The molecule has 0 radical (unpaired) electrons. The Kier molecular flexibility index (Phi) is 4.90. The summed E-state index contributed by atoms with van der Waals surface area (Å²) >= 11 is 0. The Balaban J connectivity index is 2.89. The average molecular weight is 282 g/mol. The Morgan fingerprint density at radius 3 is 2.45 bits per heavy atom. The first-order valence-electron chi connectivity index (χ1n) is 5.53. The van der Waals surface area contributed by atoms with Crippen molar-refractivity contribution in [3.05, 3.63) is 23.8 Å². The summed E-state index contributed by atoms with van der Waals surface area (Å²) < 4.78 is 10.3. The predicted octanol–water partition coefficient (Wildman–Crippen LogP) is 0.356. The molecule has 0 aliphatic carbocycles. The van der Waals surface area contributed by atoms with Crippen LogP contribution in [-0.2, 0) is 4.79 Å². The molecular weight excluding hydrogens is 268 g/mol. The number of nitrogens with one attached hydrogen (secondary N) is 1. The van der Waals surface area contributed by atoms with E-state index in [-0.39, 0.29) is 17.1 Å². The van der Waals surface area contributed by atoms with Gasteiger partial charge >= 0.3 is 12.0 Å². The number of methoxy groups -OCH3 is 1. The third-order valence-corrected chi connectivity index (χ3v) is 2.33. The molecule has 1 atom stereocenters. The normalized spacial score (nSPS) is 11.3. The first kappa shape index (κ1) is 15.3. The molecule has 0 aliphatic rings. The number of amides is 3. The first-order valence-corrected chi connectivity index (χ1v) is 5.53. The van der Waals surface area contributed by atoms with Gasteiger partial charge in [0.2, 0.25) is 0 Å². The summed E-state index contributed by atoms with van der Waals surface area (Å²) in [5.41, 5.74) is 4.83. The molecule has 0 heterocycles. The van der Waals surface area contributed by atoms with Crippen LogP contribution in [0.3, 0.4) is 0 Å². The molecule has 8 nitrogen and oxygen atoms in total. The zero-order chi connectivity index (χ0) is 15.3. The van der Waals surface area contributed by atoms with Crippen LogP contribution in [0.25, 0.3) is 0 Å². The highest BCUT2D eigenvalue weighted by Gasteiger charge is 2.19. The molecule has 3 amide bonds. The van der Waals surface area contributed by atoms with Crippen LogP contribution < -0.4 is 20.5 Å². The van der Waals surface area contributed by atoms with Crippen LogP contribution in [0.15, 0.2) is 18.2 Å².